The Morgan fingerprint density at radius 3 is 2.12 bits per heavy atom. The lowest BCUT2D eigenvalue weighted by atomic mass is 10.0. The molecule has 2 aromatic carbocycles. The van der Waals surface area contributed by atoms with Crippen molar-refractivity contribution in [2.24, 2.45) is 4.99 Å². The van der Waals surface area contributed by atoms with Crippen LogP contribution in [0.25, 0.3) is 0 Å². The third-order valence-corrected chi connectivity index (χ3v) is 2.72. The molecule has 17 heavy (non-hydrogen) atoms. The molecule has 2 aromatic rings. The lowest BCUT2D eigenvalue weighted by Crippen LogP contribution is -1.87. The van der Waals surface area contributed by atoms with Crippen LogP contribution in [0.5, 0.6) is 0 Å². The van der Waals surface area contributed by atoms with Gasteiger partial charge < -0.3 is 0 Å². The van der Waals surface area contributed by atoms with E-state index in [0.717, 1.165) is 11.3 Å². The summed E-state index contributed by atoms with van der Waals surface area (Å²) in [6.45, 7) is 4.40. The van der Waals surface area contributed by atoms with Gasteiger partial charge in [-0.25, -0.2) is 0 Å². The van der Waals surface area contributed by atoms with E-state index in [-0.39, 0.29) is 0 Å². The fourth-order valence-corrected chi connectivity index (χ4v) is 1.63. The molecule has 0 spiro atoms. The molecule has 1 nitrogen and oxygen atoms in total. The van der Waals surface area contributed by atoms with Gasteiger partial charge in [0.15, 0.2) is 0 Å². The summed E-state index contributed by atoms with van der Waals surface area (Å²) in [4.78, 5) is 4.43. The van der Waals surface area contributed by atoms with Crippen molar-refractivity contribution < 1.29 is 0 Å². The van der Waals surface area contributed by atoms with E-state index in [2.05, 4.69) is 43.1 Å². The Hall–Kier alpha value is -1.89. The summed E-state index contributed by atoms with van der Waals surface area (Å²) in [5.74, 6) is 0.579. The zero-order chi connectivity index (χ0) is 12.1. The molecule has 0 radical (unpaired) electrons. The SMILES string of the molecule is CC(C)c1ccc(C=Nc2ccccc2)cc1. The van der Waals surface area contributed by atoms with Gasteiger partial charge in [0.1, 0.15) is 0 Å². The molecular formula is C16H17N. The van der Waals surface area contributed by atoms with Gasteiger partial charge in [-0.15, -0.1) is 0 Å². The first-order valence-electron chi connectivity index (χ1n) is 5.95. The van der Waals surface area contributed by atoms with Crippen molar-refractivity contribution in [3.63, 3.8) is 0 Å². The lowest BCUT2D eigenvalue weighted by molar-refractivity contribution is 0.866. The van der Waals surface area contributed by atoms with Gasteiger partial charge in [-0.1, -0.05) is 56.3 Å². The highest BCUT2D eigenvalue weighted by Crippen LogP contribution is 2.15. The molecule has 0 aliphatic heterocycles. The minimum absolute atomic E-state index is 0.579. The summed E-state index contributed by atoms with van der Waals surface area (Å²) in [6.07, 6.45) is 1.90. The zero-order valence-electron chi connectivity index (χ0n) is 10.3. The average molecular weight is 223 g/mol. The molecule has 0 saturated carbocycles. The number of hydrogen-bond donors (Lipinski definition) is 0. The second kappa shape index (κ2) is 5.44. The zero-order valence-corrected chi connectivity index (χ0v) is 10.3. The largest absolute Gasteiger partial charge is 0.256 e. The van der Waals surface area contributed by atoms with Crippen molar-refractivity contribution in [2.75, 3.05) is 0 Å². The van der Waals surface area contributed by atoms with Crippen molar-refractivity contribution >= 4 is 11.9 Å². The van der Waals surface area contributed by atoms with Crippen LogP contribution in [-0.4, -0.2) is 6.21 Å². The van der Waals surface area contributed by atoms with Gasteiger partial charge in [-0.2, -0.15) is 0 Å². The van der Waals surface area contributed by atoms with Gasteiger partial charge in [0.05, 0.1) is 5.69 Å². The van der Waals surface area contributed by atoms with Crippen molar-refractivity contribution in [1.82, 2.24) is 0 Å². The Morgan fingerprint density at radius 2 is 1.53 bits per heavy atom. The Labute approximate surface area is 103 Å². The van der Waals surface area contributed by atoms with E-state index in [1.54, 1.807) is 0 Å². The summed E-state index contributed by atoms with van der Waals surface area (Å²) in [6, 6.07) is 18.5. The van der Waals surface area contributed by atoms with E-state index in [4.69, 9.17) is 0 Å². The van der Waals surface area contributed by atoms with Crippen LogP contribution in [-0.2, 0) is 0 Å². The van der Waals surface area contributed by atoms with Crippen LogP contribution in [0.15, 0.2) is 59.6 Å². The van der Waals surface area contributed by atoms with Crippen LogP contribution >= 0.6 is 0 Å². The van der Waals surface area contributed by atoms with E-state index < -0.39 is 0 Å². The second-order valence-corrected chi connectivity index (χ2v) is 4.42. The van der Waals surface area contributed by atoms with Crippen molar-refractivity contribution in [3.8, 4) is 0 Å². The van der Waals surface area contributed by atoms with E-state index >= 15 is 0 Å². The number of benzene rings is 2. The molecule has 2 rings (SSSR count). The van der Waals surface area contributed by atoms with E-state index in [1.807, 2.05) is 36.5 Å². The van der Waals surface area contributed by atoms with Crippen molar-refractivity contribution in [3.05, 3.63) is 65.7 Å². The number of para-hydroxylation sites is 1. The molecule has 0 aliphatic rings. The van der Waals surface area contributed by atoms with E-state index in [0.29, 0.717) is 5.92 Å². The van der Waals surface area contributed by atoms with E-state index in [1.165, 1.54) is 5.56 Å². The fourth-order valence-electron chi connectivity index (χ4n) is 1.63. The molecule has 0 fully saturated rings. The molecule has 0 aliphatic carbocycles. The quantitative estimate of drug-likeness (QED) is 0.676. The Kier molecular flexibility index (Phi) is 3.71. The molecule has 0 amide bonds. The number of nitrogens with zero attached hydrogens (tertiary/aromatic N) is 1. The predicted molar refractivity (Wildman–Crippen MR) is 74.2 cm³/mol. The molecule has 1 heteroatoms. The maximum atomic E-state index is 4.43. The lowest BCUT2D eigenvalue weighted by Gasteiger charge is -2.04. The van der Waals surface area contributed by atoms with Crippen LogP contribution in [0.2, 0.25) is 0 Å². The number of hydrogen-bond acceptors (Lipinski definition) is 1. The summed E-state index contributed by atoms with van der Waals surface area (Å²) in [7, 11) is 0. The molecule has 0 aromatic heterocycles. The second-order valence-electron chi connectivity index (χ2n) is 4.42. The molecular weight excluding hydrogens is 206 g/mol. The number of aliphatic imine (C=N–C) groups is 1. The molecule has 0 saturated heterocycles. The summed E-state index contributed by atoms with van der Waals surface area (Å²) >= 11 is 0. The van der Waals surface area contributed by atoms with Gasteiger partial charge in [0, 0.05) is 6.21 Å². The van der Waals surface area contributed by atoms with Crippen molar-refractivity contribution in [1.29, 1.82) is 0 Å². The van der Waals surface area contributed by atoms with Crippen LogP contribution in [0.1, 0.15) is 30.9 Å². The van der Waals surface area contributed by atoms with Gasteiger partial charge in [-0.05, 0) is 29.2 Å². The summed E-state index contributed by atoms with van der Waals surface area (Å²) < 4.78 is 0. The predicted octanol–water partition coefficient (Wildman–Crippen LogP) is 4.56. The third-order valence-electron chi connectivity index (χ3n) is 2.72. The summed E-state index contributed by atoms with van der Waals surface area (Å²) in [5.41, 5.74) is 3.49. The Balaban J connectivity index is 2.12. The smallest absolute Gasteiger partial charge is 0.0629 e. The van der Waals surface area contributed by atoms with Crippen LogP contribution in [0.3, 0.4) is 0 Å². The molecule has 0 N–H and O–H groups in total. The number of rotatable bonds is 3. The highest BCUT2D eigenvalue weighted by molar-refractivity contribution is 5.81. The molecule has 86 valence electrons. The van der Waals surface area contributed by atoms with Gasteiger partial charge in [-0.3, -0.25) is 4.99 Å². The maximum Gasteiger partial charge on any atom is 0.0629 e. The monoisotopic (exact) mass is 223 g/mol. The van der Waals surface area contributed by atoms with E-state index in [9.17, 15) is 0 Å². The van der Waals surface area contributed by atoms with Crippen molar-refractivity contribution in [2.45, 2.75) is 19.8 Å². The normalized spacial score (nSPS) is 11.2. The topological polar surface area (TPSA) is 12.4 Å². The Morgan fingerprint density at radius 1 is 0.882 bits per heavy atom. The maximum absolute atomic E-state index is 4.43. The minimum Gasteiger partial charge on any atom is -0.256 e. The standard InChI is InChI=1S/C16H17N/c1-13(2)15-10-8-14(9-11-15)12-17-16-6-4-3-5-7-16/h3-13H,1-2H3. The van der Waals surface area contributed by atoms with Crippen LogP contribution < -0.4 is 0 Å². The van der Waals surface area contributed by atoms with Gasteiger partial charge in [0.2, 0.25) is 0 Å². The third kappa shape index (κ3) is 3.28. The average Bonchev–Trinajstić information content (AvgIpc) is 2.38. The molecule has 0 bridgehead atoms. The van der Waals surface area contributed by atoms with Gasteiger partial charge in [0.25, 0.3) is 0 Å². The first kappa shape index (κ1) is 11.6. The van der Waals surface area contributed by atoms with Crippen LogP contribution in [0, 0.1) is 0 Å². The molecule has 0 atom stereocenters. The van der Waals surface area contributed by atoms with Gasteiger partial charge >= 0.3 is 0 Å². The minimum atomic E-state index is 0.579. The fraction of sp³-hybridized carbons (Fsp3) is 0.188. The summed E-state index contributed by atoms with van der Waals surface area (Å²) in [5, 5.41) is 0. The Bertz CT molecular complexity index is 481. The first-order valence-corrected chi connectivity index (χ1v) is 5.95. The van der Waals surface area contributed by atoms with Crippen LogP contribution in [0.4, 0.5) is 5.69 Å². The first-order chi connectivity index (χ1) is 8.25. The highest BCUT2D eigenvalue weighted by Gasteiger charge is 1.97. The molecule has 0 heterocycles. The molecule has 0 unspecified atom stereocenters. The highest BCUT2D eigenvalue weighted by atomic mass is 14.7.